The molecule has 1 unspecified atom stereocenters. The van der Waals surface area contributed by atoms with E-state index in [9.17, 15) is 9.59 Å². The van der Waals surface area contributed by atoms with Gasteiger partial charge in [0.1, 0.15) is 0 Å². The number of amides is 1. The number of aryl methyl sites for hydroxylation is 1. The Morgan fingerprint density at radius 2 is 2.14 bits per heavy atom. The highest BCUT2D eigenvalue weighted by atomic mass is 16.4. The van der Waals surface area contributed by atoms with Gasteiger partial charge in [0.15, 0.2) is 5.58 Å². The van der Waals surface area contributed by atoms with E-state index in [0.29, 0.717) is 17.5 Å². The number of fused-ring (bicyclic) bond motifs is 1. The van der Waals surface area contributed by atoms with Gasteiger partial charge in [-0.2, -0.15) is 0 Å². The van der Waals surface area contributed by atoms with Crippen molar-refractivity contribution in [2.24, 2.45) is 0 Å². The summed E-state index contributed by atoms with van der Waals surface area (Å²) in [5, 5.41) is 12.0. The third-order valence-corrected chi connectivity index (χ3v) is 4.02. The van der Waals surface area contributed by atoms with Gasteiger partial charge in [0.25, 0.3) is 0 Å². The normalized spacial score (nSPS) is 14.0. The molecule has 22 heavy (non-hydrogen) atoms. The molecule has 0 aliphatic rings. The van der Waals surface area contributed by atoms with Gasteiger partial charge in [-0.1, -0.05) is 19.1 Å². The molecule has 0 aliphatic heterocycles. The number of aliphatic hydroxyl groups excluding tert-OH is 1. The number of hydrogen-bond donors (Lipinski definition) is 2. The molecule has 0 radical (unpaired) electrons. The van der Waals surface area contributed by atoms with E-state index in [1.807, 2.05) is 19.9 Å². The summed E-state index contributed by atoms with van der Waals surface area (Å²) < 4.78 is 6.60. The number of rotatable bonds is 7. The second-order valence-corrected chi connectivity index (χ2v) is 5.67. The van der Waals surface area contributed by atoms with Gasteiger partial charge >= 0.3 is 5.76 Å². The van der Waals surface area contributed by atoms with Crippen LogP contribution in [-0.4, -0.2) is 27.7 Å². The van der Waals surface area contributed by atoms with Crippen molar-refractivity contribution >= 4 is 17.0 Å². The number of oxazole rings is 1. The highest BCUT2D eigenvalue weighted by Crippen LogP contribution is 2.15. The van der Waals surface area contributed by atoms with Crippen LogP contribution in [0, 0.1) is 0 Å². The van der Waals surface area contributed by atoms with Crippen molar-refractivity contribution in [2.75, 3.05) is 6.61 Å². The summed E-state index contributed by atoms with van der Waals surface area (Å²) in [5.41, 5.74) is 0.787. The quantitative estimate of drug-likeness (QED) is 0.814. The van der Waals surface area contributed by atoms with E-state index in [-0.39, 0.29) is 25.5 Å². The zero-order chi connectivity index (χ0) is 16.2. The minimum atomic E-state index is -0.456. The third kappa shape index (κ3) is 3.57. The molecule has 0 spiro atoms. The van der Waals surface area contributed by atoms with Crippen molar-refractivity contribution in [3.05, 3.63) is 34.8 Å². The van der Waals surface area contributed by atoms with Gasteiger partial charge in [-0.05, 0) is 31.9 Å². The molecule has 120 valence electrons. The number of nitrogens with one attached hydrogen (secondary N) is 1. The smallest absolute Gasteiger partial charge is 0.408 e. The molecular weight excluding hydrogens is 284 g/mol. The molecule has 1 aromatic heterocycles. The molecule has 0 bridgehead atoms. The Hall–Kier alpha value is -2.08. The van der Waals surface area contributed by atoms with Crippen LogP contribution in [0.3, 0.4) is 0 Å². The molecule has 6 heteroatoms. The van der Waals surface area contributed by atoms with Crippen LogP contribution in [0.4, 0.5) is 0 Å². The standard InChI is InChI=1S/C16H22N2O4/c1-3-16(2,9-11-19)17-14(20)8-10-18-12-6-4-5-7-13(12)22-15(18)21/h4-7,19H,3,8-11H2,1-2H3,(H,17,20). The lowest BCUT2D eigenvalue weighted by Crippen LogP contribution is -2.46. The van der Waals surface area contributed by atoms with Crippen molar-refractivity contribution in [1.82, 2.24) is 9.88 Å². The fraction of sp³-hybridized carbons (Fsp3) is 0.500. The fourth-order valence-electron chi connectivity index (χ4n) is 2.41. The first kappa shape index (κ1) is 16.3. The minimum absolute atomic E-state index is 0.0243. The van der Waals surface area contributed by atoms with Gasteiger partial charge in [0.05, 0.1) is 5.52 Å². The number of para-hydroxylation sites is 2. The number of hydrogen-bond acceptors (Lipinski definition) is 4. The average molecular weight is 306 g/mol. The lowest BCUT2D eigenvalue weighted by Gasteiger charge is -2.29. The van der Waals surface area contributed by atoms with Crippen molar-refractivity contribution in [3.63, 3.8) is 0 Å². The minimum Gasteiger partial charge on any atom is -0.408 e. The first-order valence-electron chi connectivity index (χ1n) is 7.49. The van der Waals surface area contributed by atoms with E-state index < -0.39 is 11.3 Å². The van der Waals surface area contributed by atoms with Crippen LogP contribution >= 0.6 is 0 Å². The highest BCUT2D eigenvalue weighted by Gasteiger charge is 2.23. The van der Waals surface area contributed by atoms with E-state index in [1.54, 1.807) is 18.2 Å². The summed E-state index contributed by atoms with van der Waals surface area (Å²) in [7, 11) is 0. The molecule has 1 heterocycles. The van der Waals surface area contributed by atoms with Crippen LogP contribution in [-0.2, 0) is 11.3 Å². The predicted molar refractivity (Wildman–Crippen MR) is 83.6 cm³/mol. The number of carbonyl (C=O) groups is 1. The maximum absolute atomic E-state index is 12.1. The van der Waals surface area contributed by atoms with Crippen LogP contribution in [0.5, 0.6) is 0 Å². The maximum atomic E-state index is 12.1. The number of aliphatic hydroxyl groups is 1. The van der Waals surface area contributed by atoms with Crippen molar-refractivity contribution < 1.29 is 14.3 Å². The number of nitrogens with zero attached hydrogens (tertiary/aromatic N) is 1. The number of aromatic nitrogens is 1. The Labute approximate surface area is 128 Å². The summed E-state index contributed by atoms with van der Waals surface area (Å²) in [4.78, 5) is 23.9. The van der Waals surface area contributed by atoms with Crippen LogP contribution in [0.25, 0.3) is 11.1 Å². The monoisotopic (exact) mass is 306 g/mol. The molecule has 0 aliphatic carbocycles. The van der Waals surface area contributed by atoms with Gasteiger partial charge < -0.3 is 14.8 Å². The average Bonchev–Trinajstić information content (AvgIpc) is 2.80. The lowest BCUT2D eigenvalue weighted by molar-refractivity contribution is -0.123. The van der Waals surface area contributed by atoms with Gasteiger partial charge in [-0.3, -0.25) is 9.36 Å². The Bertz CT molecular complexity index is 703. The molecule has 0 saturated carbocycles. The Morgan fingerprint density at radius 1 is 1.41 bits per heavy atom. The van der Waals surface area contributed by atoms with E-state index in [2.05, 4.69) is 5.32 Å². The Kier molecular flexibility index (Phi) is 5.03. The highest BCUT2D eigenvalue weighted by molar-refractivity contribution is 5.77. The topological polar surface area (TPSA) is 84.5 Å². The molecule has 1 aromatic carbocycles. The second-order valence-electron chi connectivity index (χ2n) is 5.67. The molecular formula is C16H22N2O4. The van der Waals surface area contributed by atoms with E-state index >= 15 is 0 Å². The third-order valence-electron chi connectivity index (χ3n) is 4.02. The van der Waals surface area contributed by atoms with Crippen LogP contribution < -0.4 is 11.1 Å². The van der Waals surface area contributed by atoms with Crippen molar-refractivity contribution in [3.8, 4) is 0 Å². The second kappa shape index (κ2) is 6.79. The predicted octanol–water partition coefficient (Wildman–Crippen LogP) is 1.65. The molecule has 0 saturated heterocycles. The SMILES string of the molecule is CCC(C)(CCO)NC(=O)CCn1c(=O)oc2ccccc21. The molecule has 2 N–H and O–H groups in total. The fourth-order valence-corrected chi connectivity index (χ4v) is 2.41. The zero-order valence-corrected chi connectivity index (χ0v) is 13.0. The van der Waals surface area contributed by atoms with Crippen molar-refractivity contribution in [1.29, 1.82) is 0 Å². The van der Waals surface area contributed by atoms with Crippen LogP contribution in [0.1, 0.15) is 33.1 Å². The van der Waals surface area contributed by atoms with Crippen LogP contribution in [0.2, 0.25) is 0 Å². The molecule has 1 atom stereocenters. The first-order chi connectivity index (χ1) is 10.5. The molecule has 2 rings (SSSR count). The largest absolute Gasteiger partial charge is 0.419 e. The molecule has 2 aromatic rings. The Balaban J connectivity index is 2.04. The molecule has 0 fully saturated rings. The maximum Gasteiger partial charge on any atom is 0.419 e. The number of benzene rings is 1. The van der Waals surface area contributed by atoms with E-state index in [0.717, 1.165) is 6.42 Å². The summed E-state index contributed by atoms with van der Waals surface area (Å²) in [6, 6.07) is 7.13. The van der Waals surface area contributed by atoms with Gasteiger partial charge in [-0.15, -0.1) is 0 Å². The van der Waals surface area contributed by atoms with Crippen LogP contribution in [0.15, 0.2) is 33.5 Å². The zero-order valence-electron chi connectivity index (χ0n) is 13.0. The summed E-state index contributed by atoms with van der Waals surface area (Å²) >= 11 is 0. The van der Waals surface area contributed by atoms with E-state index in [4.69, 9.17) is 9.52 Å². The summed E-state index contributed by atoms with van der Waals surface area (Å²) in [6.45, 7) is 4.15. The van der Waals surface area contributed by atoms with Gasteiger partial charge in [0, 0.05) is 25.1 Å². The summed E-state index contributed by atoms with van der Waals surface area (Å²) in [5.74, 6) is -0.599. The summed E-state index contributed by atoms with van der Waals surface area (Å²) in [6.07, 6.45) is 1.42. The Morgan fingerprint density at radius 3 is 2.82 bits per heavy atom. The van der Waals surface area contributed by atoms with Crippen molar-refractivity contribution in [2.45, 2.75) is 45.2 Å². The lowest BCUT2D eigenvalue weighted by atomic mass is 9.95. The first-order valence-corrected chi connectivity index (χ1v) is 7.49. The van der Waals surface area contributed by atoms with E-state index in [1.165, 1.54) is 4.57 Å². The van der Waals surface area contributed by atoms with Gasteiger partial charge in [-0.25, -0.2) is 4.79 Å². The molecule has 6 nitrogen and oxygen atoms in total. The van der Waals surface area contributed by atoms with Gasteiger partial charge in [0.2, 0.25) is 5.91 Å². The molecule has 1 amide bonds. The number of carbonyl (C=O) groups excluding carboxylic acids is 1.